The molecule has 10 heteroatoms. The number of ether oxygens (including phenoxy) is 1. The number of amides is 2. The fraction of sp³-hybridized carbons (Fsp3) is 0.462. The molecular weight excluding hydrogens is 482 g/mol. The van der Waals surface area contributed by atoms with E-state index in [1.54, 1.807) is 50.4 Å². The summed E-state index contributed by atoms with van der Waals surface area (Å²) in [6, 6.07) is 13.2. The van der Waals surface area contributed by atoms with Gasteiger partial charge in [0.1, 0.15) is 11.8 Å². The lowest BCUT2D eigenvalue weighted by Gasteiger charge is -2.29. The average Bonchev–Trinajstić information content (AvgIpc) is 3.69. The lowest BCUT2D eigenvalue weighted by Crippen LogP contribution is -2.48. The Morgan fingerprint density at radius 1 is 1.08 bits per heavy atom. The smallest absolute Gasteiger partial charge is 0.242 e. The van der Waals surface area contributed by atoms with E-state index in [4.69, 9.17) is 9.84 Å². The molecule has 0 bridgehead atoms. The van der Waals surface area contributed by atoms with E-state index >= 15 is 0 Å². The van der Waals surface area contributed by atoms with Crippen molar-refractivity contribution in [3.63, 3.8) is 0 Å². The molecular formula is C26H35N3O6S. The van der Waals surface area contributed by atoms with Crippen LogP contribution in [-0.4, -0.2) is 62.6 Å². The van der Waals surface area contributed by atoms with E-state index in [1.165, 1.54) is 4.90 Å². The van der Waals surface area contributed by atoms with Gasteiger partial charge in [-0.15, -0.1) is 0 Å². The van der Waals surface area contributed by atoms with Gasteiger partial charge in [0.25, 0.3) is 0 Å². The van der Waals surface area contributed by atoms with E-state index in [1.807, 2.05) is 12.1 Å². The molecule has 3 N–H and O–H groups in total. The lowest BCUT2D eigenvalue weighted by atomic mass is 10.1. The molecule has 0 heterocycles. The van der Waals surface area contributed by atoms with Crippen LogP contribution in [0.5, 0.6) is 5.75 Å². The highest BCUT2D eigenvalue weighted by Gasteiger charge is 2.28. The molecule has 1 aliphatic rings. The van der Waals surface area contributed by atoms with E-state index in [9.17, 15) is 18.0 Å². The number of sulfonamides is 1. The van der Waals surface area contributed by atoms with Crippen LogP contribution < -0.4 is 14.8 Å². The van der Waals surface area contributed by atoms with Crippen molar-refractivity contribution in [2.45, 2.75) is 62.6 Å². The first-order chi connectivity index (χ1) is 17.2. The lowest BCUT2D eigenvalue weighted by molar-refractivity contribution is -0.140. The summed E-state index contributed by atoms with van der Waals surface area (Å²) in [7, 11) is -1.94. The average molecular weight is 518 g/mol. The fourth-order valence-corrected chi connectivity index (χ4v) is 4.97. The molecule has 196 valence electrons. The quantitative estimate of drug-likeness (QED) is 0.329. The molecule has 36 heavy (non-hydrogen) atoms. The Balaban J connectivity index is 1.66. The van der Waals surface area contributed by atoms with Gasteiger partial charge in [-0.3, -0.25) is 9.59 Å². The molecule has 9 nitrogen and oxygen atoms in total. The van der Waals surface area contributed by atoms with Crippen LogP contribution in [0, 0.1) is 0 Å². The zero-order chi connectivity index (χ0) is 26.1. The monoisotopic (exact) mass is 517 g/mol. The van der Waals surface area contributed by atoms with Gasteiger partial charge in [0, 0.05) is 32.2 Å². The number of aryl methyl sites for hydroxylation is 1. The van der Waals surface area contributed by atoms with E-state index in [0.717, 1.165) is 24.0 Å². The van der Waals surface area contributed by atoms with Crippen LogP contribution in [0.4, 0.5) is 0 Å². The van der Waals surface area contributed by atoms with Gasteiger partial charge < -0.3 is 20.1 Å². The summed E-state index contributed by atoms with van der Waals surface area (Å²) in [5, 5.41) is 11.7. The second-order valence-electron chi connectivity index (χ2n) is 8.95. The Bertz CT molecular complexity index is 1120. The molecule has 3 rings (SSSR count). The molecule has 2 aromatic rings. The van der Waals surface area contributed by atoms with E-state index < -0.39 is 16.1 Å². The largest absolute Gasteiger partial charge is 0.497 e. The Morgan fingerprint density at radius 3 is 2.31 bits per heavy atom. The van der Waals surface area contributed by atoms with Crippen LogP contribution >= 0.6 is 0 Å². The van der Waals surface area contributed by atoms with Gasteiger partial charge in [0.05, 0.1) is 12.0 Å². The van der Waals surface area contributed by atoms with Crippen molar-refractivity contribution in [3.05, 3.63) is 59.7 Å². The zero-order valence-electron chi connectivity index (χ0n) is 20.8. The summed E-state index contributed by atoms with van der Waals surface area (Å²) in [4.78, 5) is 27.7. The molecule has 0 radical (unpaired) electrons. The predicted octanol–water partition coefficient (Wildman–Crippen LogP) is 1.98. The van der Waals surface area contributed by atoms with Crippen molar-refractivity contribution < 1.29 is 27.9 Å². The van der Waals surface area contributed by atoms with E-state index in [-0.39, 0.29) is 42.3 Å². The molecule has 2 aromatic carbocycles. The van der Waals surface area contributed by atoms with Gasteiger partial charge >= 0.3 is 0 Å². The number of nitrogens with one attached hydrogen (secondary N) is 2. The molecule has 0 unspecified atom stereocenters. The normalized spacial score (nSPS) is 14.2. The molecule has 1 atom stereocenters. The van der Waals surface area contributed by atoms with Crippen LogP contribution in [0.3, 0.4) is 0 Å². The topological polar surface area (TPSA) is 125 Å². The second kappa shape index (κ2) is 12.8. The van der Waals surface area contributed by atoms with Crippen molar-refractivity contribution in [3.8, 4) is 5.75 Å². The first-order valence-corrected chi connectivity index (χ1v) is 13.6. The third-order valence-electron chi connectivity index (χ3n) is 6.07. The molecule has 0 aliphatic heterocycles. The standard InChI is InChI=1S/C26H35N3O6S/c1-19(26(32)27-16-3-17-30)29(18-21-4-11-23(35-2)12-5-21)25(31)15-8-20-6-13-24(14-7-20)36(33,34)28-22-9-10-22/h4-7,11-14,19,22,28,30H,3,8-10,15-18H2,1-2H3,(H,27,32)/t19-/m1/s1. The van der Waals surface area contributed by atoms with Crippen LogP contribution in [-0.2, 0) is 32.6 Å². The van der Waals surface area contributed by atoms with Crippen molar-refractivity contribution in [2.24, 2.45) is 0 Å². The van der Waals surface area contributed by atoms with Crippen LogP contribution in [0.15, 0.2) is 53.4 Å². The van der Waals surface area contributed by atoms with Gasteiger partial charge in [-0.25, -0.2) is 13.1 Å². The number of benzene rings is 2. The van der Waals surface area contributed by atoms with Gasteiger partial charge in [0.2, 0.25) is 21.8 Å². The molecule has 0 saturated heterocycles. The summed E-state index contributed by atoms with van der Waals surface area (Å²) in [6.45, 7) is 2.23. The Labute approximate surface area is 212 Å². The molecule has 0 spiro atoms. The number of aliphatic hydroxyl groups excluding tert-OH is 1. The molecule has 2 amide bonds. The number of carbonyl (C=O) groups is 2. The van der Waals surface area contributed by atoms with Gasteiger partial charge in [-0.05, 0) is 68.0 Å². The minimum absolute atomic E-state index is 0.0279. The third kappa shape index (κ3) is 8.04. The Hall–Kier alpha value is -2.95. The molecule has 0 aromatic heterocycles. The van der Waals surface area contributed by atoms with Gasteiger partial charge in [-0.2, -0.15) is 0 Å². The van der Waals surface area contributed by atoms with Crippen molar-refractivity contribution in [2.75, 3.05) is 20.3 Å². The van der Waals surface area contributed by atoms with Crippen molar-refractivity contribution in [1.82, 2.24) is 14.9 Å². The van der Waals surface area contributed by atoms with Gasteiger partial charge in [-0.1, -0.05) is 24.3 Å². The first-order valence-electron chi connectivity index (χ1n) is 12.2. The number of aliphatic hydroxyl groups is 1. The van der Waals surface area contributed by atoms with Crippen LogP contribution in [0.25, 0.3) is 0 Å². The minimum atomic E-state index is -3.52. The second-order valence-corrected chi connectivity index (χ2v) is 10.7. The highest BCUT2D eigenvalue weighted by atomic mass is 32.2. The maximum absolute atomic E-state index is 13.2. The molecule has 1 fully saturated rings. The molecule has 1 aliphatic carbocycles. The summed E-state index contributed by atoms with van der Waals surface area (Å²) in [6.07, 6.45) is 2.74. The zero-order valence-corrected chi connectivity index (χ0v) is 21.6. The van der Waals surface area contributed by atoms with Crippen molar-refractivity contribution >= 4 is 21.8 Å². The number of hydrogen-bond acceptors (Lipinski definition) is 6. The highest BCUT2D eigenvalue weighted by Crippen LogP contribution is 2.22. The molecule has 1 saturated carbocycles. The summed E-state index contributed by atoms with van der Waals surface area (Å²) < 4.78 is 32.6. The Morgan fingerprint density at radius 2 is 1.72 bits per heavy atom. The van der Waals surface area contributed by atoms with Crippen LogP contribution in [0.1, 0.15) is 43.7 Å². The third-order valence-corrected chi connectivity index (χ3v) is 7.61. The number of rotatable bonds is 14. The summed E-state index contributed by atoms with van der Waals surface area (Å²) in [5.74, 6) is 0.218. The van der Waals surface area contributed by atoms with Crippen molar-refractivity contribution in [1.29, 1.82) is 0 Å². The number of carbonyl (C=O) groups excluding carboxylic acids is 2. The predicted molar refractivity (Wildman–Crippen MR) is 136 cm³/mol. The SMILES string of the molecule is COc1ccc(CN(C(=O)CCc2ccc(S(=O)(=O)NC3CC3)cc2)[C@H](C)C(=O)NCCCO)cc1. The van der Waals surface area contributed by atoms with Gasteiger partial charge in [0.15, 0.2) is 0 Å². The summed E-state index contributed by atoms with van der Waals surface area (Å²) in [5.41, 5.74) is 1.69. The minimum Gasteiger partial charge on any atom is -0.497 e. The Kier molecular flexibility index (Phi) is 9.86. The fourth-order valence-electron chi connectivity index (χ4n) is 3.67. The summed E-state index contributed by atoms with van der Waals surface area (Å²) >= 11 is 0. The maximum atomic E-state index is 13.2. The van der Waals surface area contributed by atoms with E-state index in [0.29, 0.717) is 25.1 Å². The number of nitrogens with zero attached hydrogens (tertiary/aromatic N) is 1. The first kappa shape index (κ1) is 27.6. The number of methoxy groups -OCH3 is 1. The maximum Gasteiger partial charge on any atom is 0.242 e. The van der Waals surface area contributed by atoms with E-state index in [2.05, 4.69) is 10.0 Å². The highest BCUT2D eigenvalue weighted by molar-refractivity contribution is 7.89. The number of hydrogen-bond donors (Lipinski definition) is 3. The van der Waals surface area contributed by atoms with Crippen LogP contribution in [0.2, 0.25) is 0 Å².